The second-order valence-electron chi connectivity index (χ2n) is 5.80. The number of halogens is 2. The first-order valence-corrected chi connectivity index (χ1v) is 7.92. The van der Waals surface area contributed by atoms with Crippen LogP contribution in [0.25, 0.3) is 10.9 Å². The minimum atomic E-state index is -1.26. The van der Waals surface area contributed by atoms with Crippen LogP contribution in [0.5, 0.6) is 5.75 Å². The van der Waals surface area contributed by atoms with E-state index in [0.717, 1.165) is 0 Å². The number of hydrogen-bond acceptors (Lipinski definition) is 4. The fourth-order valence-corrected chi connectivity index (χ4v) is 2.84. The third-order valence-corrected chi connectivity index (χ3v) is 5.31. The molecule has 0 saturated carbocycles. The number of nitrogens with zero attached hydrogens (tertiary/aromatic N) is 2. The predicted molar refractivity (Wildman–Crippen MR) is 88.2 cm³/mol. The molecule has 0 aliphatic heterocycles. The molecule has 0 aliphatic carbocycles. The average molecular weight is 434 g/mol. The van der Waals surface area contributed by atoms with Gasteiger partial charge in [0.05, 0.1) is 27.0 Å². The van der Waals surface area contributed by atoms with Crippen molar-refractivity contribution in [3.63, 3.8) is 0 Å². The molecular formula is C14H14Br2N2O4. The van der Waals surface area contributed by atoms with Gasteiger partial charge in [0.15, 0.2) is 11.4 Å². The van der Waals surface area contributed by atoms with Gasteiger partial charge in [-0.15, -0.1) is 0 Å². The number of aromatic carboxylic acids is 1. The third-order valence-electron chi connectivity index (χ3n) is 3.08. The summed E-state index contributed by atoms with van der Waals surface area (Å²) in [6.07, 6.45) is 1.43. The standard InChI is InChI=1S/C14H14Br2N2O4/c1-14(2,3)13(21)22-10-7-6(5-17-9(10)12(19)20)18(4)11(16)8(7)15/h5H,1-4H3,(H,19,20). The van der Waals surface area contributed by atoms with Crippen LogP contribution in [0.15, 0.2) is 15.3 Å². The number of carboxylic acids is 1. The minimum absolute atomic E-state index is 0.0573. The summed E-state index contributed by atoms with van der Waals surface area (Å²) in [5.74, 6) is -1.85. The largest absolute Gasteiger partial charge is 0.476 e. The maximum atomic E-state index is 12.2. The Kier molecular flexibility index (Phi) is 4.36. The maximum Gasteiger partial charge on any atom is 0.358 e. The summed E-state index contributed by atoms with van der Waals surface area (Å²) >= 11 is 6.79. The number of pyridine rings is 1. The van der Waals surface area contributed by atoms with E-state index in [1.54, 1.807) is 32.4 Å². The van der Waals surface area contributed by atoms with Crippen LogP contribution in [0.4, 0.5) is 0 Å². The van der Waals surface area contributed by atoms with Crippen LogP contribution in [0.2, 0.25) is 0 Å². The molecule has 6 nitrogen and oxygen atoms in total. The van der Waals surface area contributed by atoms with Crippen LogP contribution in [0.3, 0.4) is 0 Å². The number of carboxylic acid groups (broad SMARTS) is 1. The Hall–Kier alpha value is -1.41. The summed E-state index contributed by atoms with van der Waals surface area (Å²) in [6, 6.07) is 0. The van der Waals surface area contributed by atoms with Crippen molar-refractivity contribution >= 4 is 54.7 Å². The third kappa shape index (κ3) is 2.77. The van der Waals surface area contributed by atoms with Gasteiger partial charge < -0.3 is 14.4 Å². The molecule has 2 heterocycles. The second-order valence-corrected chi connectivity index (χ2v) is 7.35. The Labute approximate surface area is 143 Å². The summed E-state index contributed by atoms with van der Waals surface area (Å²) in [6.45, 7) is 5.08. The molecular weight excluding hydrogens is 420 g/mol. The molecule has 118 valence electrons. The van der Waals surface area contributed by atoms with E-state index in [0.29, 0.717) is 20.0 Å². The lowest BCUT2D eigenvalue weighted by atomic mass is 9.97. The molecule has 0 amide bonds. The van der Waals surface area contributed by atoms with Crippen LogP contribution < -0.4 is 4.74 Å². The summed E-state index contributed by atoms with van der Waals surface area (Å²) in [5, 5.41) is 9.81. The first kappa shape index (κ1) is 17.0. The van der Waals surface area contributed by atoms with E-state index < -0.39 is 17.4 Å². The van der Waals surface area contributed by atoms with Crippen molar-refractivity contribution in [1.29, 1.82) is 0 Å². The van der Waals surface area contributed by atoms with Gasteiger partial charge >= 0.3 is 11.9 Å². The number of fused-ring (bicyclic) bond motifs is 1. The highest BCUT2D eigenvalue weighted by Gasteiger charge is 2.29. The number of ether oxygens (including phenoxy) is 1. The number of esters is 1. The van der Waals surface area contributed by atoms with E-state index in [1.165, 1.54) is 6.20 Å². The Bertz CT molecular complexity index is 790. The van der Waals surface area contributed by atoms with E-state index >= 15 is 0 Å². The van der Waals surface area contributed by atoms with E-state index in [-0.39, 0.29) is 11.4 Å². The van der Waals surface area contributed by atoms with Gasteiger partial charge in [0, 0.05) is 7.05 Å². The normalized spacial score (nSPS) is 11.7. The van der Waals surface area contributed by atoms with Crippen LogP contribution in [0.1, 0.15) is 31.3 Å². The first-order valence-electron chi connectivity index (χ1n) is 6.33. The molecule has 0 aliphatic rings. The van der Waals surface area contributed by atoms with Gasteiger partial charge in [-0.3, -0.25) is 4.79 Å². The maximum absolute atomic E-state index is 12.2. The monoisotopic (exact) mass is 432 g/mol. The van der Waals surface area contributed by atoms with Gasteiger partial charge in [-0.1, -0.05) is 0 Å². The molecule has 8 heteroatoms. The van der Waals surface area contributed by atoms with Crippen LogP contribution >= 0.6 is 31.9 Å². The molecule has 2 aromatic rings. The van der Waals surface area contributed by atoms with Crippen molar-refractivity contribution in [2.75, 3.05) is 0 Å². The van der Waals surface area contributed by atoms with E-state index in [2.05, 4.69) is 36.8 Å². The molecule has 2 rings (SSSR count). The van der Waals surface area contributed by atoms with Gasteiger partial charge in [0.2, 0.25) is 0 Å². The van der Waals surface area contributed by atoms with Crippen LogP contribution in [0, 0.1) is 5.41 Å². The summed E-state index contributed by atoms with van der Waals surface area (Å²) in [5.41, 5.74) is -0.430. The summed E-state index contributed by atoms with van der Waals surface area (Å²) in [4.78, 5) is 27.5. The van der Waals surface area contributed by atoms with E-state index in [4.69, 9.17) is 4.74 Å². The number of carbonyl (C=O) groups excluding carboxylic acids is 1. The van der Waals surface area contributed by atoms with Crippen molar-refractivity contribution in [2.45, 2.75) is 20.8 Å². The molecule has 0 fully saturated rings. The van der Waals surface area contributed by atoms with Gasteiger partial charge in [-0.25, -0.2) is 9.78 Å². The fourth-order valence-electron chi connectivity index (χ4n) is 1.80. The molecule has 0 saturated heterocycles. The van der Waals surface area contributed by atoms with Crippen molar-refractivity contribution in [3.8, 4) is 5.75 Å². The predicted octanol–water partition coefficient (Wildman–Crippen LogP) is 3.75. The molecule has 2 aromatic heterocycles. The summed E-state index contributed by atoms with van der Waals surface area (Å²) in [7, 11) is 1.79. The van der Waals surface area contributed by atoms with Gasteiger partial charge in [0.1, 0.15) is 4.60 Å². The van der Waals surface area contributed by atoms with E-state index in [9.17, 15) is 14.7 Å². The summed E-state index contributed by atoms with van der Waals surface area (Å²) < 4.78 is 8.46. The zero-order chi connectivity index (χ0) is 16.8. The lowest BCUT2D eigenvalue weighted by Gasteiger charge is -2.17. The molecule has 0 unspecified atom stereocenters. The first-order chi connectivity index (χ1) is 10.1. The zero-order valence-corrected chi connectivity index (χ0v) is 15.6. The van der Waals surface area contributed by atoms with Crippen LogP contribution in [-0.2, 0) is 11.8 Å². The molecule has 1 N–H and O–H groups in total. The zero-order valence-electron chi connectivity index (χ0n) is 12.4. The quantitative estimate of drug-likeness (QED) is 0.729. The molecule has 0 spiro atoms. The highest BCUT2D eigenvalue weighted by atomic mass is 79.9. The Morgan fingerprint density at radius 2 is 1.91 bits per heavy atom. The number of aromatic nitrogens is 2. The highest BCUT2D eigenvalue weighted by molar-refractivity contribution is 9.13. The molecule has 22 heavy (non-hydrogen) atoms. The number of rotatable bonds is 2. The number of carbonyl (C=O) groups is 2. The molecule has 0 bridgehead atoms. The van der Waals surface area contributed by atoms with Crippen molar-refractivity contribution in [3.05, 3.63) is 21.0 Å². The fraction of sp³-hybridized carbons (Fsp3) is 0.357. The Morgan fingerprint density at radius 1 is 1.32 bits per heavy atom. The Balaban J connectivity index is 2.78. The molecule has 0 atom stereocenters. The minimum Gasteiger partial charge on any atom is -0.476 e. The van der Waals surface area contributed by atoms with Crippen molar-refractivity contribution < 1.29 is 19.4 Å². The smallest absolute Gasteiger partial charge is 0.358 e. The van der Waals surface area contributed by atoms with Crippen molar-refractivity contribution in [2.24, 2.45) is 12.5 Å². The highest BCUT2D eigenvalue weighted by Crippen LogP contribution is 2.41. The lowest BCUT2D eigenvalue weighted by Crippen LogP contribution is -2.26. The topological polar surface area (TPSA) is 81.4 Å². The van der Waals surface area contributed by atoms with E-state index in [1.807, 2.05) is 0 Å². The second kappa shape index (κ2) is 5.66. The SMILES string of the molecule is Cn1c(Br)c(Br)c2c(OC(=O)C(C)(C)C)c(C(=O)O)ncc21. The van der Waals surface area contributed by atoms with Gasteiger partial charge in [-0.2, -0.15) is 0 Å². The van der Waals surface area contributed by atoms with Gasteiger partial charge in [-0.05, 0) is 52.6 Å². The Morgan fingerprint density at radius 3 is 2.41 bits per heavy atom. The van der Waals surface area contributed by atoms with Crippen LogP contribution in [-0.4, -0.2) is 26.6 Å². The molecule has 0 radical (unpaired) electrons. The number of aryl methyl sites for hydroxylation is 1. The lowest BCUT2D eigenvalue weighted by molar-refractivity contribution is -0.142. The number of hydrogen-bond donors (Lipinski definition) is 1. The van der Waals surface area contributed by atoms with Crippen molar-refractivity contribution in [1.82, 2.24) is 9.55 Å². The average Bonchev–Trinajstić information content (AvgIpc) is 2.63. The van der Waals surface area contributed by atoms with Gasteiger partial charge in [0.25, 0.3) is 0 Å². The molecule has 0 aromatic carbocycles.